The van der Waals surface area contributed by atoms with Crippen molar-refractivity contribution in [3.8, 4) is 0 Å². The lowest BCUT2D eigenvalue weighted by Gasteiger charge is -2.45. The molecule has 0 bridgehead atoms. The van der Waals surface area contributed by atoms with Crippen molar-refractivity contribution in [2.24, 2.45) is 11.7 Å². The molecule has 144 valence electrons. The molecule has 28 heavy (non-hydrogen) atoms. The number of para-hydroxylation sites is 1. The number of nitrogens with two attached hydrogens (primary N) is 1. The van der Waals surface area contributed by atoms with E-state index < -0.39 is 35.0 Å². The predicted octanol–water partition coefficient (Wildman–Crippen LogP) is 1.90. The van der Waals surface area contributed by atoms with Gasteiger partial charge in [0.05, 0.1) is 5.92 Å². The fraction of sp³-hybridized carbons (Fsp3) is 0.286. The summed E-state index contributed by atoms with van der Waals surface area (Å²) in [6, 6.07) is 12.5. The van der Waals surface area contributed by atoms with Gasteiger partial charge in [-0.3, -0.25) is 14.4 Å². The summed E-state index contributed by atoms with van der Waals surface area (Å²) in [5.41, 5.74) is 6.17. The van der Waals surface area contributed by atoms with Crippen LogP contribution in [0.1, 0.15) is 28.8 Å². The van der Waals surface area contributed by atoms with Gasteiger partial charge in [0.15, 0.2) is 0 Å². The van der Waals surface area contributed by atoms with Crippen LogP contribution in [-0.2, 0) is 9.59 Å². The topological polar surface area (TPSA) is 83.7 Å². The summed E-state index contributed by atoms with van der Waals surface area (Å²) in [6.07, 6.45) is 0. The summed E-state index contributed by atoms with van der Waals surface area (Å²) in [4.78, 5) is 41.8. The third-order valence-electron chi connectivity index (χ3n) is 6.02. The number of carbonyl (C=O) groups is 3. The highest BCUT2D eigenvalue weighted by atomic mass is 19.1. The Balaban J connectivity index is 1.87. The predicted molar refractivity (Wildman–Crippen MR) is 101 cm³/mol. The van der Waals surface area contributed by atoms with E-state index in [4.69, 9.17) is 5.73 Å². The van der Waals surface area contributed by atoms with Crippen LogP contribution in [0.15, 0.2) is 48.5 Å². The average molecular weight is 381 g/mol. The van der Waals surface area contributed by atoms with Gasteiger partial charge in [0.25, 0.3) is 11.8 Å². The first-order valence-corrected chi connectivity index (χ1v) is 9.00. The molecule has 0 saturated carbocycles. The number of carbonyl (C=O) groups excluding carboxylic acids is 3. The van der Waals surface area contributed by atoms with E-state index in [1.807, 2.05) is 24.3 Å². The Kier molecular flexibility index (Phi) is 3.99. The Hall–Kier alpha value is -3.22. The number of halogens is 1. The molecule has 4 rings (SSSR count). The van der Waals surface area contributed by atoms with Crippen molar-refractivity contribution in [1.29, 1.82) is 0 Å². The molecule has 2 aliphatic rings. The Morgan fingerprint density at radius 1 is 1.14 bits per heavy atom. The zero-order valence-corrected chi connectivity index (χ0v) is 15.6. The first-order chi connectivity index (χ1) is 13.3. The molecule has 7 heteroatoms. The molecule has 3 atom stereocenters. The number of benzene rings is 2. The number of likely N-dealkylation sites (N-methyl/N-ethyl adjacent to an activating group) is 1. The van der Waals surface area contributed by atoms with Gasteiger partial charge in [-0.25, -0.2) is 4.39 Å². The molecule has 0 aliphatic carbocycles. The first-order valence-electron chi connectivity index (χ1n) is 9.00. The minimum absolute atomic E-state index is 0.0284. The van der Waals surface area contributed by atoms with Gasteiger partial charge in [-0.1, -0.05) is 18.2 Å². The molecule has 1 fully saturated rings. The van der Waals surface area contributed by atoms with Crippen LogP contribution < -0.4 is 10.6 Å². The number of rotatable bonds is 2. The van der Waals surface area contributed by atoms with Crippen molar-refractivity contribution >= 4 is 23.4 Å². The molecular weight excluding hydrogens is 361 g/mol. The van der Waals surface area contributed by atoms with Gasteiger partial charge in [-0.15, -0.1) is 0 Å². The third kappa shape index (κ3) is 2.35. The monoisotopic (exact) mass is 381 g/mol. The Morgan fingerprint density at radius 2 is 1.79 bits per heavy atom. The van der Waals surface area contributed by atoms with Gasteiger partial charge in [0.1, 0.15) is 11.4 Å². The maximum absolute atomic E-state index is 13.4. The van der Waals surface area contributed by atoms with Crippen LogP contribution in [0.25, 0.3) is 0 Å². The van der Waals surface area contributed by atoms with E-state index in [1.54, 1.807) is 14.0 Å². The van der Waals surface area contributed by atoms with Crippen LogP contribution in [0, 0.1) is 11.7 Å². The van der Waals surface area contributed by atoms with Crippen LogP contribution in [0.3, 0.4) is 0 Å². The molecule has 6 nitrogen and oxygen atoms in total. The molecule has 0 unspecified atom stereocenters. The average Bonchev–Trinajstić information content (AvgIpc) is 3.01. The molecule has 2 aromatic carbocycles. The van der Waals surface area contributed by atoms with Crippen LogP contribution in [0.5, 0.6) is 0 Å². The van der Waals surface area contributed by atoms with Crippen LogP contribution in [0.2, 0.25) is 0 Å². The number of likely N-dealkylation sites (tertiary alicyclic amines) is 1. The number of amides is 3. The van der Waals surface area contributed by atoms with Crippen LogP contribution in [0.4, 0.5) is 10.1 Å². The Bertz CT molecular complexity index is 991. The molecule has 1 saturated heterocycles. The SMILES string of the molecule is CN1C(=O)[C@]2(C)[C@H](c3ccccc31)[C@@H](C(N)=O)CN2C(=O)c1ccc(F)cc1. The van der Waals surface area contributed by atoms with Crippen LogP contribution in [-0.4, -0.2) is 41.8 Å². The fourth-order valence-electron chi connectivity index (χ4n) is 4.62. The number of primary amides is 1. The van der Waals surface area contributed by atoms with E-state index in [-0.39, 0.29) is 18.0 Å². The van der Waals surface area contributed by atoms with Crippen molar-refractivity contribution < 1.29 is 18.8 Å². The van der Waals surface area contributed by atoms with Crippen molar-refractivity contribution in [2.45, 2.75) is 18.4 Å². The summed E-state index contributed by atoms with van der Waals surface area (Å²) >= 11 is 0. The molecule has 0 aromatic heterocycles. The fourth-order valence-corrected chi connectivity index (χ4v) is 4.62. The molecule has 0 spiro atoms. The summed E-state index contributed by atoms with van der Waals surface area (Å²) < 4.78 is 13.3. The standard InChI is InChI=1S/C21H20FN3O3/c1-21-17(14-5-3-4-6-16(14)24(2)20(21)28)15(18(23)26)11-25(21)19(27)12-7-9-13(22)10-8-12/h3-10,15,17H,11H2,1-2H3,(H2,23,26)/t15-,17+,21-/m0/s1. The van der Waals surface area contributed by atoms with E-state index >= 15 is 0 Å². The minimum atomic E-state index is -1.27. The molecule has 2 heterocycles. The largest absolute Gasteiger partial charge is 0.369 e. The van der Waals surface area contributed by atoms with Gasteiger partial charge >= 0.3 is 0 Å². The van der Waals surface area contributed by atoms with Crippen molar-refractivity contribution in [1.82, 2.24) is 4.90 Å². The summed E-state index contributed by atoms with van der Waals surface area (Å²) in [5, 5.41) is 0. The zero-order chi connectivity index (χ0) is 20.2. The van der Waals surface area contributed by atoms with E-state index in [1.165, 1.54) is 34.1 Å². The van der Waals surface area contributed by atoms with Crippen molar-refractivity contribution in [3.05, 3.63) is 65.5 Å². The molecule has 3 amide bonds. The lowest BCUT2D eigenvalue weighted by Crippen LogP contribution is -2.60. The summed E-state index contributed by atoms with van der Waals surface area (Å²) in [5.74, 6) is -2.98. The van der Waals surface area contributed by atoms with E-state index in [0.29, 0.717) is 5.69 Å². The highest BCUT2D eigenvalue weighted by Gasteiger charge is 2.62. The smallest absolute Gasteiger partial charge is 0.254 e. The van der Waals surface area contributed by atoms with Crippen molar-refractivity contribution in [3.63, 3.8) is 0 Å². The highest BCUT2D eigenvalue weighted by molar-refractivity contribution is 6.09. The summed E-state index contributed by atoms with van der Waals surface area (Å²) in [7, 11) is 1.65. The molecule has 0 radical (unpaired) electrons. The second-order valence-corrected chi connectivity index (χ2v) is 7.48. The number of fused-ring (bicyclic) bond motifs is 3. The zero-order valence-electron chi connectivity index (χ0n) is 15.6. The second-order valence-electron chi connectivity index (χ2n) is 7.48. The second kappa shape index (κ2) is 6.15. The first kappa shape index (κ1) is 18.2. The van der Waals surface area contributed by atoms with Gasteiger partial charge in [0, 0.05) is 30.8 Å². The third-order valence-corrected chi connectivity index (χ3v) is 6.02. The quantitative estimate of drug-likeness (QED) is 0.862. The van der Waals surface area contributed by atoms with E-state index in [0.717, 1.165) is 5.56 Å². The Labute approximate surface area is 161 Å². The maximum Gasteiger partial charge on any atom is 0.254 e. The molecule has 2 aliphatic heterocycles. The Morgan fingerprint density at radius 3 is 2.43 bits per heavy atom. The van der Waals surface area contributed by atoms with Gasteiger partial charge in [-0.2, -0.15) is 0 Å². The van der Waals surface area contributed by atoms with Crippen LogP contribution >= 0.6 is 0 Å². The minimum Gasteiger partial charge on any atom is -0.369 e. The number of anilines is 1. The number of hydrogen-bond acceptors (Lipinski definition) is 3. The van der Waals surface area contributed by atoms with E-state index in [2.05, 4.69) is 0 Å². The lowest BCUT2D eigenvalue weighted by molar-refractivity contribution is -0.128. The van der Waals surface area contributed by atoms with Gasteiger partial charge in [-0.05, 0) is 42.8 Å². The lowest BCUT2D eigenvalue weighted by atomic mass is 9.72. The molecular formula is C21H20FN3O3. The van der Waals surface area contributed by atoms with E-state index in [9.17, 15) is 18.8 Å². The highest BCUT2D eigenvalue weighted by Crippen LogP contribution is 2.52. The normalized spacial score (nSPS) is 26.0. The summed E-state index contributed by atoms with van der Waals surface area (Å²) in [6.45, 7) is 1.71. The number of nitrogens with zero attached hydrogens (tertiary/aromatic N) is 2. The van der Waals surface area contributed by atoms with Crippen molar-refractivity contribution in [2.75, 3.05) is 18.5 Å². The molecule has 2 aromatic rings. The molecule has 2 N–H and O–H groups in total. The number of hydrogen-bond donors (Lipinski definition) is 1. The van der Waals surface area contributed by atoms with Gasteiger partial charge < -0.3 is 15.5 Å². The van der Waals surface area contributed by atoms with Gasteiger partial charge in [0.2, 0.25) is 5.91 Å². The maximum atomic E-state index is 13.4.